The molecule has 7 heteroatoms. The molecule has 0 saturated heterocycles. The summed E-state index contributed by atoms with van der Waals surface area (Å²) in [4.78, 5) is 22.1. The number of nitro benzene ring substituents is 1. The van der Waals surface area contributed by atoms with Crippen molar-refractivity contribution in [2.24, 2.45) is 5.92 Å². The second-order valence-corrected chi connectivity index (χ2v) is 5.62. The summed E-state index contributed by atoms with van der Waals surface area (Å²) in [5, 5.41) is 26.7. The van der Waals surface area contributed by atoms with Crippen LogP contribution in [0.15, 0.2) is 12.1 Å². The smallest absolute Gasteiger partial charge is 0.294 e. The number of nitrogens with one attached hydrogen (secondary N) is 2. The van der Waals surface area contributed by atoms with Gasteiger partial charge >= 0.3 is 0 Å². The highest BCUT2D eigenvalue weighted by molar-refractivity contribution is 5.95. The molecule has 1 aromatic rings. The number of nitro groups is 1. The van der Waals surface area contributed by atoms with Crippen LogP contribution in [-0.2, 0) is 11.2 Å². The summed E-state index contributed by atoms with van der Waals surface area (Å²) in [5.41, 5.74) is 1.70. The Morgan fingerprint density at radius 3 is 2.86 bits per heavy atom. The first kappa shape index (κ1) is 13.8. The van der Waals surface area contributed by atoms with Crippen LogP contribution in [0.3, 0.4) is 0 Å². The molecule has 0 bridgehead atoms. The van der Waals surface area contributed by atoms with Crippen molar-refractivity contribution in [3.63, 3.8) is 0 Å². The van der Waals surface area contributed by atoms with E-state index in [2.05, 4.69) is 10.6 Å². The average molecular weight is 291 g/mol. The lowest BCUT2D eigenvalue weighted by molar-refractivity contribution is -0.383. The van der Waals surface area contributed by atoms with Gasteiger partial charge in [0.05, 0.1) is 16.7 Å². The monoisotopic (exact) mass is 291 g/mol. The quantitative estimate of drug-likeness (QED) is 0.565. The van der Waals surface area contributed by atoms with Crippen molar-refractivity contribution in [2.75, 3.05) is 17.2 Å². The SMILES string of the molecule is O=C1CCc2cc(NCC(O)C3CC3)c([N+](=O)[O-])cc2N1. The van der Waals surface area contributed by atoms with Crippen molar-refractivity contribution in [3.05, 3.63) is 27.8 Å². The molecule has 3 rings (SSSR count). The summed E-state index contributed by atoms with van der Waals surface area (Å²) in [7, 11) is 0. The third kappa shape index (κ3) is 2.97. The second-order valence-electron chi connectivity index (χ2n) is 5.62. The van der Waals surface area contributed by atoms with Crippen molar-refractivity contribution >= 4 is 23.0 Å². The summed E-state index contributed by atoms with van der Waals surface area (Å²) in [6, 6.07) is 3.09. The molecule has 2 aliphatic rings. The molecule has 1 aliphatic heterocycles. The number of carbonyl (C=O) groups is 1. The molecule has 0 radical (unpaired) electrons. The number of nitrogens with zero attached hydrogens (tertiary/aromatic N) is 1. The van der Waals surface area contributed by atoms with Gasteiger partial charge in [0.25, 0.3) is 5.69 Å². The van der Waals surface area contributed by atoms with Crippen LogP contribution in [0.5, 0.6) is 0 Å². The number of anilines is 2. The minimum Gasteiger partial charge on any atom is -0.391 e. The van der Waals surface area contributed by atoms with Crippen molar-refractivity contribution in [1.82, 2.24) is 0 Å². The summed E-state index contributed by atoms with van der Waals surface area (Å²) >= 11 is 0. The number of aliphatic hydroxyl groups excluding tert-OH is 1. The second kappa shape index (κ2) is 5.33. The molecule has 1 amide bonds. The zero-order valence-electron chi connectivity index (χ0n) is 11.5. The van der Waals surface area contributed by atoms with Gasteiger partial charge in [0.2, 0.25) is 5.91 Å². The van der Waals surface area contributed by atoms with Gasteiger partial charge in [-0.05, 0) is 36.8 Å². The highest BCUT2D eigenvalue weighted by Gasteiger charge is 2.30. The van der Waals surface area contributed by atoms with Gasteiger partial charge in [-0.25, -0.2) is 0 Å². The zero-order valence-corrected chi connectivity index (χ0v) is 11.5. The average Bonchev–Trinajstić information content (AvgIpc) is 3.28. The van der Waals surface area contributed by atoms with E-state index < -0.39 is 11.0 Å². The van der Waals surface area contributed by atoms with Crippen LogP contribution in [0.4, 0.5) is 17.1 Å². The Labute approximate surface area is 121 Å². The first-order chi connectivity index (χ1) is 10.0. The van der Waals surface area contributed by atoms with Gasteiger partial charge in [-0.2, -0.15) is 0 Å². The van der Waals surface area contributed by atoms with Gasteiger partial charge in [-0.1, -0.05) is 0 Å². The molecule has 0 spiro atoms. The molecule has 3 N–H and O–H groups in total. The van der Waals surface area contributed by atoms with Crippen molar-refractivity contribution in [2.45, 2.75) is 31.8 Å². The third-order valence-electron chi connectivity index (χ3n) is 3.98. The summed E-state index contributed by atoms with van der Waals surface area (Å²) in [6.45, 7) is 0.302. The molecule has 1 unspecified atom stereocenters. The molecule has 112 valence electrons. The fraction of sp³-hybridized carbons (Fsp3) is 0.500. The number of fused-ring (bicyclic) bond motifs is 1. The minimum absolute atomic E-state index is 0.0843. The van der Waals surface area contributed by atoms with Crippen molar-refractivity contribution in [3.8, 4) is 0 Å². The molecule has 7 nitrogen and oxygen atoms in total. The topological polar surface area (TPSA) is 104 Å². The lowest BCUT2D eigenvalue weighted by Gasteiger charge is -2.19. The van der Waals surface area contributed by atoms with Crippen molar-refractivity contribution < 1.29 is 14.8 Å². The van der Waals surface area contributed by atoms with Gasteiger partial charge in [0, 0.05) is 19.0 Å². The van der Waals surface area contributed by atoms with Crippen LogP contribution in [0.2, 0.25) is 0 Å². The van der Waals surface area contributed by atoms with Gasteiger partial charge in [0.1, 0.15) is 5.69 Å². The molecule has 1 aliphatic carbocycles. The predicted molar refractivity (Wildman–Crippen MR) is 77.3 cm³/mol. The van der Waals surface area contributed by atoms with Crippen molar-refractivity contribution in [1.29, 1.82) is 0 Å². The number of benzene rings is 1. The number of amides is 1. The number of aliphatic hydroxyl groups is 1. The molecule has 1 fully saturated rings. The number of carbonyl (C=O) groups excluding carboxylic acids is 1. The zero-order chi connectivity index (χ0) is 15.0. The highest BCUT2D eigenvalue weighted by Crippen LogP contribution is 2.36. The molecular weight excluding hydrogens is 274 g/mol. The van der Waals surface area contributed by atoms with E-state index in [-0.39, 0.29) is 11.6 Å². The summed E-state index contributed by atoms with van der Waals surface area (Å²) in [5.74, 6) is 0.190. The van der Waals surface area contributed by atoms with E-state index in [0.29, 0.717) is 36.7 Å². The van der Waals surface area contributed by atoms with E-state index in [1.165, 1.54) is 6.07 Å². The Hall–Kier alpha value is -2.15. The van der Waals surface area contributed by atoms with Gasteiger partial charge in [0.15, 0.2) is 0 Å². The molecule has 21 heavy (non-hydrogen) atoms. The Kier molecular flexibility index (Phi) is 3.50. The van der Waals surface area contributed by atoms with E-state index in [1.54, 1.807) is 6.07 Å². The molecule has 0 aromatic heterocycles. The van der Waals surface area contributed by atoms with E-state index in [1.807, 2.05) is 0 Å². The number of aryl methyl sites for hydroxylation is 1. The van der Waals surface area contributed by atoms with Gasteiger partial charge in [-0.15, -0.1) is 0 Å². The van der Waals surface area contributed by atoms with Crippen LogP contribution < -0.4 is 10.6 Å². The number of rotatable bonds is 5. The van der Waals surface area contributed by atoms with Crippen LogP contribution in [0.1, 0.15) is 24.8 Å². The first-order valence-electron chi connectivity index (χ1n) is 7.07. The van der Waals surface area contributed by atoms with Crippen LogP contribution in [0, 0.1) is 16.0 Å². The van der Waals surface area contributed by atoms with Crippen LogP contribution in [-0.4, -0.2) is 28.6 Å². The van der Waals surface area contributed by atoms with E-state index >= 15 is 0 Å². The number of hydrogen-bond donors (Lipinski definition) is 3. The van der Waals surface area contributed by atoms with Gasteiger partial charge in [-0.3, -0.25) is 14.9 Å². The lowest BCUT2D eigenvalue weighted by atomic mass is 10.0. The minimum atomic E-state index is -0.479. The molecule has 1 aromatic carbocycles. The Morgan fingerprint density at radius 1 is 1.43 bits per heavy atom. The Morgan fingerprint density at radius 2 is 2.19 bits per heavy atom. The first-order valence-corrected chi connectivity index (χ1v) is 7.07. The molecule has 1 saturated carbocycles. The number of hydrogen-bond acceptors (Lipinski definition) is 5. The van der Waals surface area contributed by atoms with E-state index in [4.69, 9.17) is 0 Å². The third-order valence-corrected chi connectivity index (χ3v) is 3.98. The lowest BCUT2D eigenvalue weighted by Crippen LogP contribution is -2.23. The predicted octanol–water partition coefficient (Wildman–Crippen LogP) is 1.66. The maximum absolute atomic E-state index is 11.4. The van der Waals surface area contributed by atoms with Crippen LogP contribution >= 0.6 is 0 Å². The fourth-order valence-corrected chi connectivity index (χ4v) is 2.57. The maximum Gasteiger partial charge on any atom is 0.294 e. The normalized spacial score (nSPS) is 18.6. The Balaban J connectivity index is 1.83. The standard InChI is InChI=1S/C14H17N3O4/c18-13(8-1-2-8)7-15-11-5-9-3-4-14(19)16-10(9)6-12(11)17(20)21/h5-6,8,13,15,18H,1-4,7H2,(H,16,19). The van der Waals surface area contributed by atoms with Crippen LogP contribution in [0.25, 0.3) is 0 Å². The van der Waals surface area contributed by atoms with E-state index in [9.17, 15) is 20.0 Å². The summed E-state index contributed by atoms with van der Waals surface area (Å²) in [6.07, 6.45) is 2.51. The van der Waals surface area contributed by atoms with Gasteiger partial charge < -0.3 is 15.7 Å². The summed E-state index contributed by atoms with van der Waals surface area (Å²) < 4.78 is 0. The Bertz CT molecular complexity index is 598. The largest absolute Gasteiger partial charge is 0.391 e. The maximum atomic E-state index is 11.4. The highest BCUT2D eigenvalue weighted by atomic mass is 16.6. The molecular formula is C14H17N3O4. The van der Waals surface area contributed by atoms with E-state index in [0.717, 1.165) is 18.4 Å². The fourth-order valence-electron chi connectivity index (χ4n) is 2.57. The molecule has 1 heterocycles. The molecule has 1 atom stereocenters.